The highest BCUT2D eigenvalue weighted by atomic mass is 16.3. The predicted molar refractivity (Wildman–Crippen MR) is 97.2 cm³/mol. The zero-order chi connectivity index (χ0) is 16.4. The van der Waals surface area contributed by atoms with Crippen molar-refractivity contribution in [2.24, 2.45) is 23.7 Å². The molecule has 2 fully saturated rings. The fraction of sp³-hybridized carbons (Fsp3) is 0.636. The maximum atomic E-state index is 10.3. The summed E-state index contributed by atoms with van der Waals surface area (Å²) in [5.41, 5.74) is 1.54. The molecule has 1 N–H and O–H groups in total. The van der Waals surface area contributed by atoms with Crippen LogP contribution in [0.1, 0.15) is 64.0 Å². The molecule has 3 unspecified atom stereocenters. The lowest BCUT2D eigenvalue weighted by atomic mass is 9.76. The molecule has 126 valence electrons. The lowest BCUT2D eigenvalue weighted by Gasteiger charge is -2.29. The Morgan fingerprint density at radius 1 is 1.13 bits per heavy atom. The average molecular weight is 312 g/mol. The van der Waals surface area contributed by atoms with Crippen LogP contribution in [0.25, 0.3) is 0 Å². The Labute approximate surface area is 141 Å². The van der Waals surface area contributed by atoms with E-state index in [0.29, 0.717) is 0 Å². The summed E-state index contributed by atoms with van der Waals surface area (Å²) >= 11 is 0. The molecule has 1 heteroatoms. The van der Waals surface area contributed by atoms with Gasteiger partial charge in [-0.1, -0.05) is 56.2 Å². The van der Waals surface area contributed by atoms with Gasteiger partial charge in [0.15, 0.2) is 0 Å². The number of rotatable bonds is 4. The van der Waals surface area contributed by atoms with Crippen molar-refractivity contribution in [3.63, 3.8) is 0 Å². The van der Waals surface area contributed by atoms with Crippen molar-refractivity contribution in [1.29, 1.82) is 0 Å². The fourth-order valence-electron chi connectivity index (χ4n) is 5.09. The fourth-order valence-corrected chi connectivity index (χ4v) is 5.09. The van der Waals surface area contributed by atoms with Crippen LogP contribution in [0, 0.1) is 23.7 Å². The normalized spacial score (nSPS) is 31.5. The van der Waals surface area contributed by atoms with E-state index in [1.54, 1.807) is 0 Å². The molecule has 0 radical (unpaired) electrons. The molecule has 4 atom stereocenters. The summed E-state index contributed by atoms with van der Waals surface area (Å²) in [4.78, 5) is 0. The van der Waals surface area contributed by atoms with Crippen molar-refractivity contribution < 1.29 is 5.11 Å². The smallest absolute Gasteiger partial charge is 0.0843 e. The summed E-state index contributed by atoms with van der Waals surface area (Å²) < 4.78 is 0. The molecule has 2 aliphatic rings. The van der Waals surface area contributed by atoms with Gasteiger partial charge < -0.3 is 5.11 Å². The number of benzene rings is 1. The van der Waals surface area contributed by atoms with Crippen molar-refractivity contribution in [2.75, 3.05) is 0 Å². The highest BCUT2D eigenvalue weighted by Crippen LogP contribution is 2.49. The van der Waals surface area contributed by atoms with Gasteiger partial charge in [0.2, 0.25) is 0 Å². The molecule has 0 heterocycles. The van der Waals surface area contributed by atoms with E-state index in [4.69, 9.17) is 0 Å². The third kappa shape index (κ3) is 3.71. The molecule has 0 saturated heterocycles. The van der Waals surface area contributed by atoms with Crippen molar-refractivity contribution in [3.8, 4) is 0 Å². The van der Waals surface area contributed by atoms with Gasteiger partial charge in [0.1, 0.15) is 0 Å². The van der Waals surface area contributed by atoms with Crippen LogP contribution in [0.3, 0.4) is 0 Å². The van der Waals surface area contributed by atoms with Crippen LogP contribution in [0.5, 0.6) is 0 Å². The largest absolute Gasteiger partial charge is 0.386 e. The molecule has 0 aliphatic heterocycles. The standard InChI is InChI=1S/C22H32O/c1-16-15-18(20-13-6-5-12-19(16)20)11-8-10-17-9-4-7-14-21(17)22(2,3)23/h4,7-9,11,14,16,18-20,23H,5-6,10,12-13,15H2,1-3H3/t16-,18?,19?,20?/m0/s1. The third-order valence-corrected chi connectivity index (χ3v) is 6.20. The Bertz CT molecular complexity index is 551. The van der Waals surface area contributed by atoms with Gasteiger partial charge in [-0.15, -0.1) is 0 Å². The molecule has 0 spiro atoms. The van der Waals surface area contributed by atoms with E-state index in [1.165, 1.54) is 37.7 Å². The maximum Gasteiger partial charge on any atom is 0.0843 e. The summed E-state index contributed by atoms with van der Waals surface area (Å²) in [6.45, 7) is 6.21. The summed E-state index contributed by atoms with van der Waals surface area (Å²) in [6, 6.07) is 8.30. The Morgan fingerprint density at radius 2 is 1.83 bits per heavy atom. The molecule has 1 nitrogen and oxygen atoms in total. The van der Waals surface area contributed by atoms with E-state index < -0.39 is 5.60 Å². The number of fused-ring (bicyclic) bond motifs is 1. The van der Waals surface area contributed by atoms with Gasteiger partial charge in [0, 0.05) is 0 Å². The van der Waals surface area contributed by atoms with Crippen LogP contribution in [-0.2, 0) is 12.0 Å². The monoisotopic (exact) mass is 312 g/mol. The molecule has 0 amide bonds. The van der Waals surface area contributed by atoms with E-state index in [0.717, 1.165) is 35.7 Å². The van der Waals surface area contributed by atoms with Gasteiger partial charge in [0.05, 0.1) is 5.60 Å². The Kier molecular flexibility index (Phi) is 4.96. The van der Waals surface area contributed by atoms with Gasteiger partial charge in [-0.25, -0.2) is 0 Å². The summed E-state index contributed by atoms with van der Waals surface area (Å²) in [5.74, 6) is 3.59. The highest BCUT2D eigenvalue weighted by Gasteiger charge is 2.40. The second-order valence-electron chi connectivity index (χ2n) is 8.34. The minimum atomic E-state index is -0.763. The van der Waals surface area contributed by atoms with Crippen LogP contribution in [0.4, 0.5) is 0 Å². The Hall–Kier alpha value is -1.08. The van der Waals surface area contributed by atoms with Crippen LogP contribution < -0.4 is 0 Å². The molecule has 2 saturated carbocycles. The van der Waals surface area contributed by atoms with E-state index in [9.17, 15) is 5.11 Å². The van der Waals surface area contributed by atoms with Gasteiger partial charge >= 0.3 is 0 Å². The molecular weight excluding hydrogens is 280 g/mol. The predicted octanol–water partition coefficient (Wildman–Crippen LogP) is 5.48. The zero-order valence-electron chi connectivity index (χ0n) is 15.0. The van der Waals surface area contributed by atoms with Gasteiger partial charge in [-0.3, -0.25) is 0 Å². The van der Waals surface area contributed by atoms with Crippen molar-refractivity contribution in [1.82, 2.24) is 0 Å². The van der Waals surface area contributed by atoms with Crippen LogP contribution in [-0.4, -0.2) is 5.11 Å². The second kappa shape index (κ2) is 6.81. The summed E-state index contributed by atoms with van der Waals surface area (Å²) in [5, 5.41) is 10.3. The first-order chi connectivity index (χ1) is 11.0. The number of aliphatic hydroxyl groups is 1. The first-order valence-corrected chi connectivity index (χ1v) is 9.44. The summed E-state index contributed by atoms with van der Waals surface area (Å²) in [7, 11) is 0. The summed E-state index contributed by atoms with van der Waals surface area (Å²) in [6.07, 6.45) is 12.9. The molecule has 1 aromatic rings. The minimum Gasteiger partial charge on any atom is -0.386 e. The molecule has 0 aromatic heterocycles. The maximum absolute atomic E-state index is 10.3. The number of hydrogen-bond donors (Lipinski definition) is 1. The van der Waals surface area contributed by atoms with Gasteiger partial charge in [0.25, 0.3) is 0 Å². The van der Waals surface area contributed by atoms with Crippen molar-refractivity contribution in [2.45, 2.75) is 64.9 Å². The highest BCUT2D eigenvalue weighted by molar-refractivity contribution is 5.33. The zero-order valence-corrected chi connectivity index (χ0v) is 15.0. The lowest BCUT2D eigenvalue weighted by molar-refractivity contribution is 0.0777. The second-order valence-corrected chi connectivity index (χ2v) is 8.34. The average Bonchev–Trinajstić information content (AvgIpc) is 2.84. The third-order valence-electron chi connectivity index (χ3n) is 6.20. The van der Waals surface area contributed by atoms with Crippen LogP contribution >= 0.6 is 0 Å². The molecule has 1 aromatic carbocycles. The Balaban J connectivity index is 1.68. The Morgan fingerprint density at radius 3 is 2.57 bits per heavy atom. The van der Waals surface area contributed by atoms with Gasteiger partial charge in [-0.05, 0) is 74.3 Å². The van der Waals surface area contributed by atoms with Crippen molar-refractivity contribution in [3.05, 3.63) is 47.5 Å². The number of allylic oxidation sites excluding steroid dienone is 2. The first-order valence-electron chi connectivity index (χ1n) is 9.44. The van der Waals surface area contributed by atoms with Crippen molar-refractivity contribution >= 4 is 0 Å². The molecule has 23 heavy (non-hydrogen) atoms. The van der Waals surface area contributed by atoms with E-state index in [1.807, 2.05) is 19.9 Å². The lowest BCUT2D eigenvalue weighted by Crippen LogP contribution is -2.20. The molecule has 0 bridgehead atoms. The SMILES string of the molecule is C[C@H]1CC(C=CCc2ccccc2C(C)(C)O)C2CCCCC21. The van der Waals surface area contributed by atoms with Gasteiger partial charge in [-0.2, -0.15) is 0 Å². The quantitative estimate of drug-likeness (QED) is 0.730. The molecular formula is C22H32O. The minimum absolute atomic E-state index is 0.763. The topological polar surface area (TPSA) is 20.2 Å². The van der Waals surface area contributed by atoms with Crippen LogP contribution in [0.2, 0.25) is 0 Å². The number of hydrogen-bond acceptors (Lipinski definition) is 1. The van der Waals surface area contributed by atoms with E-state index >= 15 is 0 Å². The first kappa shape index (κ1) is 16.8. The van der Waals surface area contributed by atoms with Crippen LogP contribution in [0.15, 0.2) is 36.4 Å². The molecule has 3 rings (SSSR count). The van der Waals surface area contributed by atoms with E-state index in [2.05, 4.69) is 37.3 Å². The van der Waals surface area contributed by atoms with E-state index in [-0.39, 0.29) is 0 Å². The molecule has 2 aliphatic carbocycles.